The van der Waals surface area contributed by atoms with Crippen LogP contribution in [0.25, 0.3) is 11.6 Å². The summed E-state index contributed by atoms with van der Waals surface area (Å²) in [5.74, 6) is 1.38. The first-order chi connectivity index (χ1) is 5.86. The van der Waals surface area contributed by atoms with Crippen LogP contribution in [-0.4, -0.2) is 25.1 Å². The molecule has 2 heterocycles. The van der Waals surface area contributed by atoms with Crippen molar-refractivity contribution in [3.05, 3.63) is 18.6 Å². The van der Waals surface area contributed by atoms with Crippen LogP contribution in [-0.2, 0) is 0 Å². The van der Waals surface area contributed by atoms with Crippen molar-refractivity contribution >= 4 is 5.82 Å². The first-order valence-electron chi connectivity index (χ1n) is 3.30. The lowest BCUT2D eigenvalue weighted by molar-refractivity contribution is 1.06. The van der Waals surface area contributed by atoms with Gasteiger partial charge >= 0.3 is 0 Å². The molecule has 2 rings (SSSR count). The van der Waals surface area contributed by atoms with Crippen molar-refractivity contribution in [3.63, 3.8) is 0 Å². The van der Waals surface area contributed by atoms with E-state index < -0.39 is 0 Å². The van der Waals surface area contributed by atoms with E-state index in [0.717, 1.165) is 0 Å². The van der Waals surface area contributed by atoms with E-state index in [0.29, 0.717) is 17.5 Å². The monoisotopic (exact) mass is 162 g/mol. The summed E-state index contributed by atoms with van der Waals surface area (Å²) in [6.45, 7) is 0. The smallest absolute Gasteiger partial charge is 0.199 e. The van der Waals surface area contributed by atoms with Crippen molar-refractivity contribution < 1.29 is 0 Å². The molecule has 0 aliphatic carbocycles. The highest BCUT2D eigenvalue weighted by molar-refractivity contribution is 5.44. The summed E-state index contributed by atoms with van der Waals surface area (Å²) in [6.07, 6.45) is 2.96. The third-order valence-corrected chi connectivity index (χ3v) is 1.30. The Kier molecular flexibility index (Phi) is 1.44. The predicted molar refractivity (Wildman–Crippen MR) is 41.8 cm³/mol. The molecule has 0 aromatic carbocycles. The van der Waals surface area contributed by atoms with E-state index in [1.54, 1.807) is 12.3 Å². The minimum Gasteiger partial charge on any atom is -0.384 e. The van der Waals surface area contributed by atoms with Crippen LogP contribution in [0.15, 0.2) is 18.6 Å². The van der Waals surface area contributed by atoms with Gasteiger partial charge in [0, 0.05) is 6.20 Å². The Labute approximate surface area is 67.9 Å². The Morgan fingerprint density at radius 2 is 2.25 bits per heavy atom. The molecule has 6 heteroatoms. The van der Waals surface area contributed by atoms with Crippen LogP contribution in [0.5, 0.6) is 0 Å². The number of nitrogen functional groups attached to an aromatic ring is 1. The lowest BCUT2D eigenvalue weighted by Gasteiger charge is -1.94. The van der Waals surface area contributed by atoms with Gasteiger partial charge in [0.15, 0.2) is 11.6 Å². The van der Waals surface area contributed by atoms with Crippen LogP contribution in [0.1, 0.15) is 0 Å². The van der Waals surface area contributed by atoms with E-state index >= 15 is 0 Å². The Morgan fingerprint density at radius 1 is 1.33 bits per heavy atom. The van der Waals surface area contributed by atoms with Crippen LogP contribution in [0.3, 0.4) is 0 Å². The Bertz CT molecular complexity index is 367. The number of H-pyrrole nitrogens is 1. The van der Waals surface area contributed by atoms with E-state index in [2.05, 4.69) is 25.1 Å². The van der Waals surface area contributed by atoms with Crippen LogP contribution >= 0.6 is 0 Å². The van der Waals surface area contributed by atoms with E-state index in [9.17, 15) is 0 Å². The molecule has 60 valence electrons. The van der Waals surface area contributed by atoms with Gasteiger partial charge in [0.2, 0.25) is 0 Å². The highest BCUT2D eigenvalue weighted by atomic mass is 15.2. The van der Waals surface area contributed by atoms with Crippen molar-refractivity contribution in [3.8, 4) is 11.6 Å². The second kappa shape index (κ2) is 2.57. The zero-order valence-corrected chi connectivity index (χ0v) is 6.10. The molecule has 12 heavy (non-hydrogen) atoms. The van der Waals surface area contributed by atoms with Gasteiger partial charge in [-0.2, -0.15) is 5.10 Å². The van der Waals surface area contributed by atoms with Crippen LogP contribution < -0.4 is 5.73 Å². The van der Waals surface area contributed by atoms with Gasteiger partial charge in [-0.15, -0.1) is 0 Å². The molecule has 0 saturated carbocycles. The first-order valence-corrected chi connectivity index (χ1v) is 3.30. The third kappa shape index (κ3) is 1.09. The van der Waals surface area contributed by atoms with Gasteiger partial charge in [-0.05, 0) is 6.07 Å². The molecule has 0 radical (unpaired) electrons. The topological polar surface area (TPSA) is 93.4 Å². The molecule has 0 bridgehead atoms. The minimum absolute atomic E-state index is 0.413. The van der Waals surface area contributed by atoms with Gasteiger partial charge in [0.1, 0.15) is 12.1 Å². The number of nitrogens with two attached hydrogens (primary N) is 1. The molecule has 0 aliphatic rings. The van der Waals surface area contributed by atoms with E-state index in [1.165, 1.54) is 6.33 Å². The van der Waals surface area contributed by atoms with Gasteiger partial charge in [-0.25, -0.2) is 15.0 Å². The highest BCUT2D eigenvalue weighted by Gasteiger charge is 2.02. The molecule has 2 aromatic rings. The van der Waals surface area contributed by atoms with E-state index in [-0.39, 0.29) is 0 Å². The predicted octanol–water partition coefficient (Wildman–Crippen LogP) is -0.156. The fourth-order valence-electron chi connectivity index (χ4n) is 0.800. The standard InChI is InChI=1S/C6H6N6/c7-4-1-2-8-5(11-4)6-9-3-10-12-6/h1-3H,(H2,7,8,11)(H,9,10,12). The summed E-state index contributed by atoms with van der Waals surface area (Å²) in [7, 11) is 0. The van der Waals surface area contributed by atoms with Crippen LogP contribution in [0.2, 0.25) is 0 Å². The van der Waals surface area contributed by atoms with Crippen LogP contribution in [0.4, 0.5) is 5.82 Å². The highest BCUT2D eigenvalue weighted by Crippen LogP contribution is 2.06. The molecular formula is C6H6N6. The van der Waals surface area contributed by atoms with Crippen molar-refractivity contribution in [1.29, 1.82) is 0 Å². The molecule has 0 unspecified atom stereocenters. The number of aromatic nitrogens is 5. The summed E-state index contributed by atoms with van der Waals surface area (Å²) in [4.78, 5) is 11.8. The fraction of sp³-hybridized carbons (Fsp3) is 0. The summed E-state index contributed by atoms with van der Waals surface area (Å²) in [6, 6.07) is 1.61. The molecule has 0 amide bonds. The second-order valence-electron chi connectivity index (χ2n) is 2.14. The SMILES string of the molecule is Nc1ccnc(-c2ncn[nH]2)n1. The van der Waals surface area contributed by atoms with Crippen molar-refractivity contribution in [2.45, 2.75) is 0 Å². The largest absolute Gasteiger partial charge is 0.384 e. The third-order valence-electron chi connectivity index (χ3n) is 1.30. The first kappa shape index (κ1) is 6.71. The molecule has 2 aromatic heterocycles. The molecule has 3 N–H and O–H groups in total. The minimum atomic E-state index is 0.413. The van der Waals surface area contributed by atoms with Crippen molar-refractivity contribution in [2.24, 2.45) is 0 Å². The van der Waals surface area contributed by atoms with Gasteiger partial charge in [-0.1, -0.05) is 0 Å². The Hall–Kier alpha value is -1.98. The Morgan fingerprint density at radius 3 is 2.92 bits per heavy atom. The van der Waals surface area contributed by atoms with Gasteiger partial charge in [0.05, 0.1) is 0 Å². The molecule has 0 saturated heterocycles. The zero-order valence-electron chi connectivity index (χ0n) is 6.10. The lowest BCUT2D eigenvalue weighted by atomic mass is 10.5. The fourth-order valence-corrected chi connectivity index (χ4v) is 0.800. The maximum Gasteiger partial charge on any atom is 0.199 e. The normalized spacial score (nSPS) is 10.0. The number of aromatic amines is 1. The van der Waals surface area contributed by atoms with E-state index in [1.807, 2.05) is 0 Å². The summed E-state index contributed by atoms with van der Waals surface area (Å²) in [5, 5.41) is 6.31. The van der Waals surface area contributed by atoms with Crippen molar-refractivity contribution in [1.82, 2.24) is 25.1 Å². The van der Waals surface area contributed by atoms with Gasteiger partial charge in [-0.3, -0.25) is 5.10 Å². The van der Waals surface area contributed by atoms with E-state index in [4.69, 9.17) is 5.73 Å². The molecule has 0 atom stereocenters. The maximum absolute atomic E-state index is 5.45. The second-order valence-corrected chi connectivity index (χ2v) is 2.14. The lowest BCUT2D eigenvalue weighted by Crippen LogP contribution is -1.95. The zero-order chi connectivity index (χ0) is 8.39. The summed E-state index contributed by atoms with van der Waals surface area (Å²) >= 11 is 0. The van der Waals surface area contributed by atoms with Crippen LogP contribution in [0, 0.1) is 0 Å². The molecule has 0 aliphatic heterocycles. The van der Waals surface area contributed by atoms with Crippen molar-refractivity contribution in [2.75, 3.05) is 5.73 Å². The number of anilines is 1. The molecular weight excluding hydrogens is 156 g/mol. The average molecular weight is 162 g/mol. The summed E-state index contributed by atoms with van der Waals surface area (Å²) in [5.41, 5.74) is 5.45. The number of nitrogens with zero attached hydrogens (tertiary/aromatic N) is 4. The maximum atomic E-state index is 5.45. The number of hydrogen-bond acceptors (Lipinski definition) is 5. The number of nitrogens with one attached hydrogen (secondary N) is 1. The number of hydrogen-bond donors (Lipinski definition) is 2. The molecule has 6 nitrogen and oxygen atoms in total. The molecule has 0 fully saturated rings. The summed E-state index contributed by atoms with van der Waals surface area (Å²) < 4.78 is 0. The number of rotatable bonds is 1. The quantitative estimate of drug-likeness (QED) is 0.607. The average Bonchev–Trinajstić information content (AvgIpc) is 2.56. The molecule has 0 spiro atoms. The Balaban J connectivity index is 2.48. The van der Waals surface area contributed by atoms with Gasteiger partial charge < -0.3 is 5.73 Å². The van der Waals surface area contributed by atoms with Gasteiger partial charge in [0.25, 0.3) is 0 Å².